The summed E-state index contributed by atoms with van der Waals surface area (Å²) in [5, 5.41) is 0. The number of hydrogen-bond donors (Lipinski definition) is 1. The lowest BCUT2D eigenvalue weighted by Gasteiger charge is -2.25. The third-order valence-electron chi connectivity index (χ3n) is 3.21. The van der Waals surface area contributed by atoms with Gasteiger partial charge in [-0.1, -0.05) is 18.3 Å². The number of benzene rings is 1. The van der Waals surface area contributed by atoms with Crippen LogP contribution in [0.3, 0.4) is 0 Å². The summed E-state index contributed by atoms with van der Waals surface area (Å²) in [5.41, 5.74) is 6.25. The van der Waals surface area contributed by atoms with E-state index in [-0.39, 0.29) is 0 Å². The van der Waals surface area contributed by atoms with Gasteiger partial charge < -0.3 is 15.2 Å². The van der Waals surface area contributed by atoms with E-state index in [0.717, 1.165) is 23.7 Å². The second kappa shape index (κ2) is 6.32. The van der Waals surface area contributed by atoms with E-state index in [4.69, 9.17) is 15.2 Å². The van der Waals surface area contributed by atoms with E-state index in [1.807, 2.05) is 18.2 Å². The van der Waals surface area contributed by atoms with Gasteiger partial charge in [-0.3, -0.25) is 0 Å². The molecule has 0 unspecified atom stereocenters. The van der Waals surface area contributed by atoms with Crippen molar-refractivity contribution in [1.82, 2.24) is 0 Å². The first kappa shape index (κ1) is 12.8. The molecule has 0 heterocycles. The molecule has 18 heavy (non-hydrogen) atoms. The van der Waals surface area contributed by atoms with Crippen molar-refractivity contribution in [2.24, 2.45) is 11.7 Å². The summed E-state index contributed by atoms with van der Waals surface area (Å²) < 4.78 is 11.0. The average Bonchev–Trinajstić information content (AvgIpc) is 2.35. The van der Waals surface area contributed by atoms with E-state index in [1.165, 1.54) is 19.3 Å². The van der Waals surface area contributed by atoms with Crippen LogP contribution in [0.1, 0.15) is 24.8 Å². The molecule has 96 valence electrons. The molecule has 0 amide bonds. The Morgan fingerprint density at radius 3 is 2.83 bits per heavy atom. The van der Waals surface area contributed by atoms with Crippen molar-refractivity contribution >= 4 is 0 Å². The van der Waals surface area contributed by atoms with Gasteiger partial charge >= 0.3 is 0 Å². The Morgan fingerprint density at radius 2 is 2.22 bits per heavy atom. The Balaban J connectivity index is 2.10. The maximum absolute atomic E-state index is 5.84. The van der Waals surface area contributed by atoms with Gasteiger partial charge in [-0.05, 0) is 37.0 Å². The minimum Gasteiger partial charge on any atom is -0.497 e. The normalized spacial score (nSPS) is 14.3. The van der Waals surface area contributed by atoms with Gasteiger partial charge in [0, 0.05) is 0 Å². The average molecular weight is 245 g/mol. The van der Waals surface area contributed by atoms with Crippen molar-refractivity contribution in [3.05, 3.63) is 23.8 Å². The van der Waals surface area contributed by atoms with Crippen LogP contribution in [-0.2, 0) is 0 Å². The lowest BCUT2D eigenvalue weighted by atomic mass is 9.86. The van der Waals surface area contributed by atoms with E-state index in [9.17, 15) is 0 Å². The van der Waals surface area contributed by atoms with E-state index in [0.29, 0.717) is 12.5 Å². The number of hydrogen-bond acceptors (Lipinski definition) is 3. The molecule has 1 aromatic rings. The molecular formula is C15H19NO2. The van der Waals surface area contributed by atoms with Crippen molar-refractivity contribution in [1.29, 1.82) is 0 Å². The number of ether oxygens (including phenoxy) is 2. The number of rotatable bonds is 4. The topological polar surface area (TPSA) is 44.5 Å². The highest BCUT2D eigenvalue weighted by atomic mass is 16.5. The zero-order valence-corrected chi connectivity index (χ0v) is 10.7. The van der Waals surface area contributed by atoms with Crippen LogP contribution in [0.2, 0.25) is 0 Å². The molecule has 1 aliphatic carbocycles. The summed E-state index contributed by atoms with van der Waals surface area (Å²) in [7, 11) is 1.64. The van der Waals surface area contributed by atoms with Crippen LogP contribution in [0.25, 0.3) is 0 Å². The predicted octanol–water partition coefficient (Wildman–Crippen LogP) is 2.18. The van der Waals surface area contributed by atoms with E-state index >= 15 is 0 Å². The van der Waals surface area contributed by atoms with Gasteiger partial charge in [0.15, 0.2) is 0 Å². The maximum atomic E-state index is 5.84. The smallest absolute Gasteiger partial charge is 0.135 e. The van der Waals surface area contributed by atoms with Gasteiger partial charge in [0.1, 0.15) is 11.5 Å². The zero-order chi connectivity index (χ0) is 12.8. The molecule has 1 saturated carbocycles. The van der Waals surface area contributed by atoms with E-state index in [2.05, 4.69) is 11.8 Å². The lowest BCUT2D eigenvalue weighted by molar-refractivity contribution is 0.180. The first-order valence-electron chi connectivity index (χ1n) is 6.33. The Bertz CT molecular complexity index is 455. The van der Waals surface area contributed by atoms with Crippen molar-refractivity contribution in [2.45, 2.75) is 19.3 Å². The van der Waals surface area contributed by atoms with Gasteiger partial charge in [0.25, 0.3) is 0 Å². The van der Waals surface area contributed by atoms with Crippen molar-refractivity contribution in [3.8, 4) is 23.3 Å². The minimum absolute atomic E-state index is 0.347. The third kappa shape index (κ3) is 3.18. The quantitative estimate of drug-likeness (QED) is 0.827. The summed E-state index contributed by atoms with van der Waals surface area (Å²) in [6.07, 6.45) is 3.89. The fourth-order valence-corrected chi connectivity index (χ4v) is 1.87. The molecule has 2 N–H and O–H groups in total. The van der Waals surface area contributed by atoms with Gasteiger partial charge in [-0.2, -0.15) is 0 Å². The van der Waals surface area contributed by atoms with E-state index < -0.39 is 0 Å². The number of nitrogens with two attached hydrogens (primary N) is 1. The molecule has 0 spiro atoms. The molecule has 0 aromatic heterocycles. The van der Waals surface area contributed by atoms with Gasteiger partial charge in [-0.15, -0.1) is 0 Å². The summed E-state index contributed by atoms with van der Waals surface area (Å²) in [4.78, 5) is 0. The highest BCUT2D eigenvalue weighted by molar-refractivity contribution is 5.50. The molecule has 3 heteroatoms. The summed E-state index contributed by atoms with van der Waals surface area (Å²) >= 11 is 0. The largest absolute Gasteiger partial charge is 0.497 e. The number of methoxy groups -OCH3 is 1. The molecule has 1 fully saturated rings. The molecule has 0 radical (unpaired) electrons. The third-order valence-corrected chi connectivity index (χ3v) is 3.21. The molecule has 0 aliphatic heterocycles. The molecule has 1 aromatic carbocycles. The second-order valence-corrected chi connectivity index (χ2v) is 4.48. The van der Waals surface area contributed by atoms with Crippen LogP contribution in [0.15, 0.2) is 18.2 Å². The van der Waals surface area contributed by atoms with Gasteiger partial charge in [-0.25, -0.2) is 0 Å². The molecule has 1 aliphatic rings. The fraction of sp³-hybridized carbons (Fsp3) is 0.467. The van der Waals surface area contributed by atoms with Crippen LogP contribution >= 0.6 is 0 Å². The Morgan fingerprint density at radius 1 is 1.39 bits per heavy atom. The molecule has 0 bridgehead atoms. The van der Waals surface area contributed by atoms with E-state index in [1.54, 1.807) is 7.11 Å². The zero-order valence-electron chi connectivity index (χ0n) is 10.7. The van der Waals surface area contributed by atoms with Crippen LogP contribution in [-0.4, -0.2) is 20.3 Å². The van der Waals surface area contributed by atoms with Crippen molar-refractivity contribution in [3.63, 3.8) is 0 Å². The van der Waals surface area contributed by atoms with Gasteiger partial charge in [0.05, 0.1) is 25.8 Å². The first-order chi connectivity index (χ1) is 8.83. The predicted molar refractivity (Wildman–Crippen MR) is 71.8 cm³/mol. The van der Waals surface area contributed by atoms with Crippen LogP contribution in [0.4, 0.5) is 0 Å². The molecule has 0 atom stereocenters. The Labute approximate surface area is 108 Å². The lowest BCUT2D eigenvalue weighted by Crippen LogP contribution is -2.19. The summed E-state index contributed by atoms with van der Waals surface area (Å²) in [6.45, 7) is 1.13. The minimum atomic E-state index is 0.347. The summed E-state index contributed by atoms with van der Waals surface area (Å²) in [5.74, 6) is 8.20. The summed E-state index contributed by atoms with van der Waals surface area (Å²) in [6, 6.07) is 5.69. The maximum Gasteiger partial charge on any atom is 0.135 e. The molecule has 3 nitrogen and oxygen atoms in total. The molecule has 0 saturated heterocycles. The fourth-order valence-electron chi connectivity index (χ4n) is 1.87. The molecular weight excluding hydrogens is 226 g/mol. The van der Waals surface area contributed by atoms with Gasteiger partial charge in [0.2, 0.25) is 0 Å². The first-order valence-corrected chi connectivity index (χ1v) is 6.33. The monoisotopic (exact) mass is 245 g/mol. The van der Waals surface area contributed by atoms with Crippen LogP contribution in [0, 0.1) is 17.8 Å². The van der Waals surface area contributed by atoms with Crippen molar-refractivity contribution < 1.29 is 9.47 Å². The highest BCUT2D eigenvalue weighted by Gasteiger charge is 2.18. The Hall–Kier alpha value is -1.66. The highest BCUT2D eigenvalue weighted by Crippen LogP contribution is 2.29. The van der Waals surface area contributed by atoms with Crippen LogP contribution < -0.4 is 15.2 Å². The molecule has 2 rings (SSSR count). The Kier molecular flexibility index (Phi) is 4.49. The van der Waals surface area contributed by atoms with Crippen molar-refractivity contribution in [2.75, 3.05) is 20.3 Å². The second-order valence-electron chi connectivity index (χ2n) is 4.48. The van der Waals surface area contributed by atoms with Crippen LogP contribution in [0.5, 0.6) is 11.5 Å². The standard InChI is InChI=1S/C15H19NO2/c1-17-14-7-8-15(13(10-14)6-3-9-16)18-11-12-4-2-5-12/h7-8,10,12H,2,4-5,9,11,16H2,1H3. The SMILES string of the molecule is COc1ccc(OCC2CCC2)c(C#CCN)c1.